The zero-order chi connectivity index (χ0) is 19.1. The minimum atomic E-state index is 0.151. The molecule has 0 saturated heterocycles. The number of nitrogens with zero attached hydrogens (tertiary/aromatic N) is 1. The van der Waals surface area contributed by atoms with Gasteiger partial charge in [-0.3, -0.25) is 4.79 Å². The molecule has 0 spiro atoms. The number of ketones is 1. The van der Waals surface area contributed by atoms with Gasteiger partial charge in [0.2, 0.25) is 0 Å². The van der Waals surface area contributed by atoms with Crippen molar-refractivity contribution in [2.24, 2.45) is 5.92 Å². The quantitative estimate of drug-likeness (QED) is 0.445. The Bertz CT molecular complexity index is 1010. The number of Topliss-reactive ketones (excluding diaryl/α,β-unsaturated/α-hetero) is 1. The Hall–Kier alpha value is -2.00. The van der Waals surface area contributed by atoms with Crippen molar-refractivity contribution in [1.29, 1.82) is 0 Å². The Morgan fingerprint density at radius 3 is 2.54 bits per heavy atom. The van der Waals surface area contributed by atoms with Gasteiger partial charge < -0.3 is 0 Å². The summed E-state index contributed by atoms with van der Waals surface area (Å²) in [5.41, 5.74) is 4.50. The molecule has 2 heterocycles. The van der Waals surface area contributed by atoms with Crippen molar-refractivity contribution in [3.8, 4) is 0 Å². The van der Waals surface area contributed by atoms with Crippen molar-refractivity contribution in [1.82, 2.24) is 4.98 Å². The van der Waals surface area contributed by atoms with Crippen LogP contribution in [0.3, 0.4) is 0 Å². The van der Waals surface area contributed by atoms with E-state index >= 15 is 0 Å². The summed E-state index contributed by atoms with van der Waals surface area (Å²) in [6, 6.07) is 13.4. The largest absolute Gasteiger partial charge is 0.292 e. The summed E-state index contributed by atoms with van der Waals surface area (Å²) in [5, 5.41) is 3.52. The molecule has 0 bridgehead atoms. The monoisotopic (exact) mass is 389 g/mol. The Kier molecular flexibility index (Phi) is 4.80. The second-order valence-electron chi connectivity index (χ2n) is 8.50. The van der Waals surface area contributed by atoms with Crippen LogP contribution in [0, 0.1) is 5.92 Å². The SMILES string of the molecule is CCc1ccc(C2CC2)c(C(=O)C2CCC(c3ccc4sccc4c3)CC2)n1. The summed E-state index contributed by atoms with van der Waals surface area (Å²) >= 11 is 1.80. The molecule has 3 aromatic rings. The third-order valence-corrected chi connectivity index (χ3v) is 7.54. The van der Waals surface area contributed by atoms with Gasteiger partial charge in [-0.2, -0.15) is 0 Å². The van der Waals surface area contributed by atoms with E-state index in [1.165, 1.54) is 34.1 Å². The summed E-state index contributed by atoms with van der Waals surface area (Å²) in [7, 11) is 0. The normalized spacial score (nSPS) is 22.5. The van der Waals surface area contributed by atoms with Gasteiger partial charge in [0.05, 0.1) is 0 Å². The summed E-state index contributed by atoms with van der Waals surface area (Å²) in [4.78, 5) is 18.1. The van der Waals surface area contributed by atoms with E-state index < -0.39 is 0 Å². The van der Waals surface area contributed by atoms with Gasteiger partial charge in [-0.25, -0.2) is 4.98 Å². The lowest BCUT2D eigenvalue weighted by molar-refractivity contribution is 0.0877. The molecule has 3 heteroatoms. The van der Waals surface area contributed by atoms with Crippen LogP contribution in [0.25, 0.3) is 10.1 Å². The fourth-order valence-corrected chi connectivity index (χ4v) is 5.52. The smallest absolute Gasteiger partial charge is 0.184 e. The highest BCUT2D eigenvalue weighted by atomic mass is 32.1. The average molecular weight is 390 g/mol. The Labute approximate surface area is 171 Å². The molecule has 144 valence electrons. The maximum Gasteiger partial charge on any atom is 0.184 e. The average Bonchev–Trinajstić information content (AvgIpc) is 3.49. The first-order valence-corrected chi connectivity index (χ1v) is 11.6. The summed E-state index contributed by atoms with van der Waals surface area (Å²) in [6.45, 7) is 2.11. The van der Waals surface area contributed by atoms with Crippen molar-refractivity contribution in [3.05, 3.63) is 64.3 Å². The molecular formula is C25H27NOS. The topological polar surface area (TPSA) is 30.0 Å². The van der Waals surface area contributed by atoms with Gasteiger partial charge in [0.1, 0.15) is 5.69 Å². The maximum absolute atomic E-state index is 13.3. The molecule has 0 radical (unpaired) electrons. The number of carbonyl (C=O) groups is 1. The number of rotatable bonds is 5. The first-order valence-electron chi connectivity index (χ1n) is 10.7. The number of thiophene rings is 1. The van der Waals surface area contributed by atoms with E-state index in [0.717, 1.165) is 43.5 Å². The molecule has 0 atom stereocenters. The Morgan fingerprint density at radius 2 is 1.79 bits per heavy atom. The van der Waals surface area contributed by atoms with E-state index in [4.69, 9.17) is 4.98 Å². The van der Waals surface area contributed by atoms with Crippen molar-refractivity contribution in [3.63, 3.8) is 0 Å². The lowest BCUT2D eigenvalue weighted by Gasteiger charge is -2.28. The molecule has 0 unspecified atom stereocenters. The van der Waals surface area contributed by atoms with Gasteiger partial charge in [0.25, 0.3) is 0 Å². The fourth-order valence-electron chi connectivity index (χ4n) is 4.75. The summed E-state index contributed by atoms with van der Waals surface area (Å²) in [6.07, 6.45) is 7.52. The molecule has 2 saturated carbocycles. The molecule has 5 rings (SSSR count). The van der Waals surface area contributed by atoms with E-state index in [1.807, 2.05) is 0 Å². The minimum absolute atomic E-state index is 0.151. The van der Waals surface area contributed by atoms with Crippen LogP contribution in [0.15, 0.2) is 41.8 Å². The standard InChI is InChI=1S/C25H27NOS/c1-2-21-10-11-22(17-5-6-17)24(26-21)25(27)18-7-3-16(4-8-18)19-9-12-23-20(15-19)13-14-28-23/h9-18H,2-8H2,1H3. The van der Waals surface area contributed by atoms with Crippen LogP contribution in [0.2, 0.25) is 0 Å². The first-order chi connectivity index (χ1) is 13.7. The van der Waals surface area contributed by atoms with Crippen molar-refractivity contribution in [2.45, 2.75) is 63.7 Å². The molecule has 2 aromatic heterocycles. The number of aromatic nitrogens is 1. The van der Waals surface area contributed by atoms with Crippen LogP contribution in [-0.4, -0.2) is 10.8 Å². The van der Waals surface area contributed by atoms with Crippen LogP contribution >= 0.6 is 11.3 Å². The summed E-state index contributed by atoms with van der Waals surface area (Å²) < 4.78 is 1.36. The second-order valence-corrected chi connectivity index (χ2v) is 9.45. The van der Waals surface area contributed by atoms with E-state index in [-0.39, 0.29) is 5.92 Å². The lowest BCUT2D eigenvalue weighted by atomic mass is 9.76. The molecule has 0 N–H and O–H groups in total. The van der Waals surface area contributed by atoms with E-state index in [2.05, 4.69) is 48.7 Å². The molecule has 2 aliphatic carbocycles. The fraction of sp³-hybridized carbons (Fsp3) is 0.440. The molecular weight excluding hydrogens is 362 g/mol. The second kappa shape index (κ2) is 7.44. The third-order valence-electron chi connectivity index (χ3n) is 6.64. The van der Waals surface area contributed by atoms with Gasteiger partial charge in [0, 0.05) is 16.3 Å². The number of pyridine rings is 1. The van der Waals surface area contributed by atoms with Crippen LogP contribution in [0.1, 0.15) is 84.6 Å². The van der Waals surface area contributed by atoms with Gasteiger partial charge in [-0.15, -0.1) is 11.3 Å². The van der Waals surface area contributed by atoms with Crippen molar-refractivity contribution in [2.75, 3.05) is 0 Å². The predicted molar refractivity (Wildman–Crippen MR) is 116 cm³/mol. The molecule has 0 aliphatic heterocycles. The van der Waals surface area contributed by atoms with Crippen LogP contribution in [-0.2, 0) is 6.42 Å². The number of benzene rings is 1. The van der Waals surface area contributed by atoms with Crippen LogP contribution < -0.4 is 0 Å². The Balaban J connectivity index is 1.32. The van der Waals surface area contributed by atoms with Gasteiger partial charge in [0.15, 0.2) is 5.78 Å². The molecule has 28 heavy (non-hydrogen) atoms. The molecule has 1 aromatic carbocycles. The highest BCUT2D eigenvalue weighted by Crippen LogP contribution is 2.43. The van der Waals surface area contributed by atoms with Crippen molar-refractivity contribution < 1.29 is 4.79 Å². The lowest BCUT2D eigenvalue weighted by Crippen LogP contribution is -2.23. The molecule has 2 aliphatic rings. The first kappa shape index (κ1) is 18.1. The zero-order valence-corrected chi connectivity index (χ0v) is 17.3. The van der Waals surface area contributed by atoms with Crippen molar-refractivity contribution >= 4 is 27.2 Å². The van der Waals surface area contributed by atoms with Gasteiger partial charge >= 0.3 is 0 Å². The zero-order valence-electron chi connectivity index (χ0n) is 16.5. The molecule has 2 fully saturated rings. The van der Waals surface area contributed by atoms with E-state index in [1.54, 1.807) is 11.3 Å². The number of aryl methyl sites for hydroxylation is 1. The number of hydrogen-bond donors (Lipinski definition) is 0. The number of hydrogen-bond acceptors (Lipinski definition) is 3. The van der Waals surface area contributed by atoms with E-state index in [9.17, 15) is 4.79 Å². The van der Waals surface area contributed by atoms with Gasteiger partial charge in [-0.05, 0) is 96.9 Å². The minimum Gasteiger partial charge on any atom is -0.292 e. The highest BCUT2D eigenvalue weighted by molar-refractivity contribution is 7.17. The number of carbonyl (C=O) groups excluding carboxylic acids is 1. The third kappa shape index (κ3) is 3.41. The predicted octanol–water partition coefficient (Wildman–Crippen LogP) is 6.89. The summed E-state index contributed by atoms with van der Waals surface area (Å²) in [5.74, 6) is 1.62. The Morgan fingerprint density at radius 1 is 1.00 bits per heavy atom. The van der Waals surface area contributed by atoms with Crippen LogP contribution in [0.5, 0.6) is 0 Å². The molecule has 0 amide bonds. The maximum atomic E-state index is 13.3. The molecule has 2 nitrogen and oxygen atoms in total. The highest BCUT2D eigenvalue weighted by Gasteiger charge is 2.33. The number of fused-ring (bicyclic) bond motifs is 1. The van der Waals surface area contributed by atoms with Gasteiger partial charge in [-0.1, -0.05) is 25.1 Å². The van der Waals surface area contributed by atoms with Crippen LogP contribution in [0.4, 0.5) is 0 Å². The van der Waals surface area contributed by atoms with E-state index in [0.29, 0.717) is 17.6 Å².